The van der Waals surface area contributed by atoms with E-state index in [2.05, 4.69) is 20.6 Å². The van der Waals surface area contributed by atoms with E-state index in [0.29, 0.717) is 0 Å². The number of hydrogen-bond acceptors (Lipinski definition) is 4. The van der Waals surface area contributed by atoms with Crippen LogP contribution in [0, 0.1) is 5.41 Å². The maximum absolute atomic E-state index is 12.4. The zero-order valence-electron chi connectivity index (χ0n) is 12.9. The molecular formula is C15H21Cl2N5O. The molecule has 0 spiro atoms. The molecule has 0 aliphatic carbocycles. The molecule has 2 N–H and O–H groups in total. The summed E-state index contributed by atoms with van der Waals surface area (Å²) in [7, 11) is 0. The molecule has 1 aliphatic heterocycles. The molecule has 1 amide bonds. The van der Waals surface area contributed by atoms with Gasteiger partial charge in [0.1, 0.15) is 12.1 Å². The van der Waals surface area contributed by atoms with Gasteiger partial charge in [0.2, 0.25) is 5.91 Å². The Hall–Kier alpha value is -1.63. The number of anilines is 1. The van der Waals surface area contributed by atoms with Gasteiger partial charge in [-0.05, 0) is 38.4 Å². The highest BCUT2D eigenvalue weighted by atomic mass is 35.5. The summed E-state index contributed by atoms with van der Waals surface area (Å²) >= 11 is 0. The lowest BCUT2D eigenvalue weighted by molar-refractivity contribution is -0.125. The van der Waals surface area contributed by atoms with Crippen LogP contribution in [0.3, 0.4) is 0 Å². The molecule has 126 valence electrons. The average molecular weight is 358 g/mol. The summed E-state index contributed by atoms with van der Waals surface area (Å²) in [4.78, 5) is 20.7. The highest BCUT2D eigenvalue weighted by Gasteiger charge is 2.34. The molecule has 0 aromatic carbocycles. The Morgan fingerprint density at radius 3 is 2.78 bits per heavy atom. The molecule has 0 saturated carbocycles. The van der Waals surface area contributed by atoms with Crippen molar-refractivity contribution < 1.29 is 4.79 Å². The van der Waals surface area contributed by atoms with Gasteiger partial charge in [0, 0.05) is 18.9 Å². The molecule has 1 aliphatic rings. The van der Waals surface area contributed by atoms with Gasteiger partial charge < -0.3 is 10.6 Å². The van der Waals surface area contributed by atoms with E-state index in [4.69, 9.17) is 0 Å². The number of carbonyl (C=O) groups is 1. The highest BCUT2D eigenvalue weighted by molar-refractivity contribution is 5.95. The molecule has 1 saturated heterocycles. The van der Waals surface area contributed by atoms with E-state index in [9.17, 15) is 4.79 Å². The standard InChI is InChI=1S/C15H19N5O.2ClH/c1-15(5-2-6-16-10-15)14(21)19-12-3-4-13(18-9-12)20-8-7-17-11-20;;/h3-4,7-9,11,16H,2,5-6,10H2,1H3,(H,19,21);2*1H. The summed E-state index contributed by atoms with van der Waals surface area (Å²) in [6, 6.07) is 3.72. The Morgan fingerprint density at radius 2 is 2.22 bits per heavy atom. The van der Waals surface area contributed by atoms with Crippen molar-refractivity contribution in [2.75, 3.05) is 18.4 Å². The number of nitrogens with zero attached hydrogens (tertiary/aromatic N) is 3. The average Bonchev–Trinajstić information content (AvgIpc) is 3.03. The van der Waals surface area contributed by atoms with Crippen molar-refractivity contribution in [3.63, 3.8) is 0 Å². The molecule has 2 aromatic heterocycles. The first kappa shape index (κ1) is 19.4. The normalized spacial score (nSPS) is 20.0. The molecule has 0 bridgehead atoms. The maximum atomic E-state index is 12.4. The van der Waals surface area contributed by atoms with Crippen LogP contribution in [-0.4, -0.2) is 33.5 Å². The van der Waals surface area contributed by atoms with Gasteiger partial charge in [-0.15, -0.1) is 24.8 Å². The third-order valence-corrected chi connectivity index (χ3v) is 3.92. The van der Waals surface area contributed by atoms with E-state index in [1.807, 2.05) is 29.8 Å². The second kappa shape index (κ2) is 8.29. The fraction of sp³-hybridized carbons (Fsp3) is 0.400. The first-order valence-electron chi connectivity index (χ1n) is 7.14. The quantitative estimate of drug-likeness (QED) is 0.884. The van der Waals surface area contributed by atoms with E-state index in [0.717, 1.165) is 37.4 Å². The second-order valence-corrected chi connectivity index (χ2v) is 5.67. The fourth-order valence-corrected chi connectivity index (χ4v) is 2.54. The molecule has 1 fully saturated rings. The minimum atomic E-state index is -0.346. The van der Waals surface area contributed by atoms with Crippen LogP contribution in [0.15, 0.2) is 37.1 Å². The zero-order valence-corrected chi connectivity index (χ0v) is 14.5. The van der Waals surface area contributed by atoms with Gasteiger partial charge in [0.25, 0.3) is 0 Å². The summed E-state index contributed by atoms with van der Waals surface area (Å²) < 4.78 is 1.82. The summed E-state index contributed by atoms with van der Waals surface area (Å²) in [6.45, 7) is 3.71. The third-order valence-electron chi connectivity index (χ3n) is 3.92. The smallest absolute Gasteiger partial charge is 0.231 e. The number of halogens is 2. The Labute approximate surface area is 147 Å². The van der Waals surface area contributed by atoms with Crippen molar-refractivity contribution >= 4 is 36.4 Å². The number of pyridine rings is 1. The van der Waals surface area contributed by atoms with Crippen LogP contribution in [0.1, 0.15) is 19.8 Å². The van der Waals surface area contributed by atoms with Crippen molar-refractivity contribution in [3.05, 3.63) is 37.1 Å². The van der Waals surface area contributed by atoms with Crippen molar-refractivity contribution in [2.24, 2.45) is 5.41 Å². The summed E-state index contributed by atoms with van der Waals surface area (Å²) in [6.07, 6.45) is 8.83. The zero-order chi connectivity index (χ0) is 14.7. The number of carbonyl (C=O) groups excluding carboxylic acids is 1. The van der Waals surface area contributed by atoms with Crippen molar-refractivity contribution in [2.45, 2.75) is 19.8 Å². The number of hydrogen-bond donors (Lipinski definition) is 2. The van der Waals surface area contributed by atoms with Crippen molar-refractivity contribution in [1.82, 2.24) is 19.9 Å². The maximum Gasteiger partial charge on any atom is 0.231 e. The Balaban J connectivity index is 0.00000132. The van der Waals surface area contributed by atoms with E-state index in [-0.39, 0.29) is 36.1 Å². The number of piperidine rings is 1. The van der Waals surface area contributed by atoms with Gasteiger partial charge in [-0.3, -0.25) is 9.36 Å². The van der Waals surface area contributed by atoms with Gasteiger partial charge in [-0.1, -0.05) is 0 Å². The minimum absolute atomic E-state index is 0. The molecule has 2 aromatic rings. The molecule has 8 heteroatoms. The molecule has 6 nitrogen and oxygen atoms in total. The number of amides is 1. The Morgan fingerprint density at radius 1 is 1.39 bits per heavy atom. The third kappa shape index (κ3) is 4.43. The Bertz CT molecular complexity index is 609. The van der Waals surface area contributed by atoms with Crippen LogP contribution in [0.25, 0.3) is 5.82 Å². The first-order valence-corrected chi connectivity index (χ1v) is 7.14. The van der Waals surface area contributed by atoms with E-state index < -0.39 is 0 Å². The monoisotopic (exact) mass is 357 g/mol. The number of rotatable bonds is 3. The summed E-state index contributed by atoms with van der Waals surface area (Å²) in [5.74, 6) is 0.822. The Kier molecular flexibility index (Phi) is 7.00. The van der Waals surface area contributed by atoms with Crippen molar-refractivity contribution in [3.8, 4) is 5.82 Å². The fourth-order valence-electron chi connectivity index (χ4n) is 2.54. The number of imidazole rings is 1. The van der Waals surface area contributed by atoms with Gasteiger partial charge in [0.05, 0.1) is 17.3 Å². The van der Waals surface area contributed by atoms with Crippen LogP contribution in [-0.2, 0) is 4.79 Å². The highest BCUT2D eigenvalue weighted by Crippen LogP contribution is 2.27. The molecular weight excluding hydrogens is 337 g/mol. The van der Waals surface area contributed by atoms with Crippen LogP contribution in [0.4, 0.5) is 5.69 Å². The SMILES string of the molecule is CC1(C(=O)Nc2ccc(-n3ccnc3)nc2)CCCNC1.Cl.Cl. The lowest BCUT2D eigenvalue weighted by Gasteiger charge is -2.32. The van der Waals surface area contributed by atoms with Crippen LogP contribution in [0.5, 0.6) is 0 Å². The van der Waals surface area contributed by atoms with Gasteiger partial charge in [0.15, 0.2) is 0 Å². The molecule has 3 heterocycles. The van der Waals surface area contributed by atoms with Crippen molar-refractivity contribution in [1.29, 1.82) is 0 Å². The van der Waals surface area contributed by atoms with Gasteiger partial charge in [-0.2, -0.15) is 0 Å². The molecule has 1 atom stereocenters. The van der Waals surface area contributed by atoms with Gasteiger partial charge in [-0.25, -0.2) is 9.97 Å². The molecule has 23 heavy (non-hydrogen) atoms. The van der Waals surface area contributed by atoms with E-state index in [1.54, 1.807) is 18.7 Å². The van der Waals surface area contributed by atoms with Crippen LogP contribution in [0.2, 0.25) is 0 Å². The second-order valence-electron chi connectivity index (χ2n) is 5.67. The van der Waals surface area contributed by atoms with Gasteiger partial charge >= 0.3 is 0 Å². The minimum Gasteiger partial charge on any atom is -0.324 e. The molecule has 0 radical (unpaired) electrons. The summed E-state index contributed by atoms with van der Waals surface area (Å²) in [5, 5.41) is 6.24. The lowest BCUT2D eigenvalue weighted by atomic mass is 9.82. The largest absolute Gasteiger partial charge is 0.324 e. The summed E-state index contributed by atoms with van der Waals surface area (Å²) in [5.41, 5.74) is 0.372. The van der Waals surface area contributed by atoms with Crippen LogP contribution >= 0.6 is 24.8 Å². The predicted octanol–water partition coefficient (Wildman–Crippen LogP) is 2.44. The van der Waals surface area contributed by atoms with Crippen LogP contribution < -0.4 is 10.6 Å². The molecule has 1 unspecified atom stereocenters. The lowest BCUT2D eigenvalue weighted by Crippen LogP contribution is -2.46. The topological polar surface area (TPSA) is 71.8 Å². The first-order chi connectivity index (χ1) is 10.2. The predicted molar refractivity (Wildman–Crippen MR) is 94.7 cm³/mol. The van der Waals surface area contributed by atoms with E-state index >= 15 is 0 Å². The number of aromatic nitrogens is 3. The number of nitrogens with one attached hydrogen (secondary N) is 2. The molecule has 3 rings (SSSR count). The van der Waals surface area contributed by atoms with E-state index in [1.165, 1.54) is 0 Å².